The molecule has 1 rings (SSSR count). The molecule has 0 aromatic heterocycles. The van der Waals surface area contributed by atoms with E-state index in [9.17, 15) is 4.79 Å². The molecule has 0 aliphatic carbocycles. The maximum atomic E-state index is 11.8. The smallest absolute Gasteiger partial charge is 0.323 e. The third kappa shape index (κ3) is 5.63. The van der Waals surface area contributed by atoms with Gasteiger partial charge in [-0.1, -0.05) is 6.92 Å². The van der Waals surface area contributed by atoms with E-state index in [1.807, 2.05) is 45.2 Å². The van der Waals surface area contributed by atoms with Gasteiger partial charge >= 0.3 is 5.97 Å². The van der Waals surface area contributed by atoms with Gasteiger partial charge in [-0.25, -0.2) is 0 Å². The number of carbonyl (C=O) groups is 1. The molecule has 0 saturated heterocycles. The van der Waals surface area contributed by atoms with E-state index in [1.165, 1.54) is 0 Å². The minimum Gasteiger partial charge on any atom is -0.497 e. The first-order chi connectivity index (χ1) is 10.1. The fourth-order valence-corrected chi connectivity index (χ4v) is 2.08. The van der Waals surface area contributed by atoms with Crippen LogP contribution in [0.1, 0.15) is 20.3 Å². The highest BCUT2D eigenvalue weighted by atomic mass is 16.5. The Morgan fingerprint density at radius 2 is 1.95 bits per heavy atom. The summed E-state index contributed by atoms with van der Waals surface area (Å²) in [6, 6.07) is 7.62. The third-order valence-corrected chi connectivity index (χ3v) is 3.29. The predicted molar refractivity (Wildman–Crippen MR) is 85.0 cm³/mol. The molecule has 1 aromatic carbocycles. The molecular weight excluding hydrogens is 268 g/mol. The number of nitrogens with zero attached hydrogens (tertiary/aromatic N) is 1. The van der Waals surface area contributed by atoms with Gasteiger partial charge in [0, 0.05) is 19.3 Å². The van der Waals surface area contributed by atoms with Gasteiger partial charge in [-0.05, 0) is 44.2 Å². The number of anilines is 1. The number of carbonyl (C=O) groups excluding carboxylic acids is 1. The van der Waals surface area contributed by atoms with Crippen molar-refractivity contribution in [1.29, 1.82) is 0 Å². The van der Waals surface area contributed by atoms with Crippen LogP contribution in [0.25, 0.3) is 0 Å². The lowest BCUT2D eigenvalue weighted by Crippen LogP contribution is -2.40. The van der Waals surface area contributed by atoms with Crippen molar-refractivity contribution in [2.24, 2.45) is 0 Å². The summed E-state index contributed by atoms with van der Waals surface area (Å²) in [6.45, 7) is 5.73. The van der Waals surface area contributed by atoms with Crippen LogP contribution >= 0.6 is 0 Å². The summed E-state index contributed by atoms with van der Waals surface area (Å²) in [6.07, 6.45) is 0.704. The zero-order valence-corrected chi connectivity index (χ0v) is 13.4. The van der Waals surface area contributed by atoms with E-state index in [2.05, 4.69) is 10.2 Å². The largest absolute Gasteiger partial charge is 0.497 e. The number of esters is 1. The summed E-state index contributed by atoms with van der Waals surface area (Å²) >= 11 is 0. The lowest BCUT2D eigenvalue weighted by atomic mass is 10.2. The monoisotopic (exact) mass is 294 g/mol. The Bertz CT molecular complexity index is 420. The second-order valence-corrected chi connectivity index (χ2v) is 4.77. The number of nitrogens with one attached hydrogen (secondary N) is 1. The van der Waals surface area contributed by atoms with Gasteiger partial charge in [0.15, 0.2) is 0 Å². The maximum Gasteiger partial charge on any atom is 0.323 e. The van der Waals surface area contributed by atoms with E-state index >= 15 is 0 Å². The molecule has 0 bridgehead atoms. The topological polar surface area (TPSA) is 50.8 Å². The van der Waals surface area contributed by atoms with Crippen LogP contribution in [-0.2, 0) is 9.53 Å². The van der Waals surface area contributed by atoms with Gasteiger partial charge in [0.2, 0.25) is 0 Å². The average molecular weight is 294 g/mol. The number of hydrogen-bond donors (Lipinski definition) is 1. The van der Waals surface area contributed by atoms with Gasteiger partial charge in [0.1, 0.15) is 11.8 Å². The van der Waals surface area contributed by atoms with E-state index in [0.29, 0.717) is 13.0 Å². The summed E-state index contributed by atoms with van der Waals surface area (Å²) in [5.74, 6) is 0.659. The van der Waals surface area contributed by atoms with Gasteiger partial charge in [-0.15, -0.1) is 0 Å². The molecule has 5 heteroatoms. The van der Waals surface area contributed by atoms with Gasteiger partial charge in [-0.3, -0.25) is 4.79 Å². The second kappa shape index (κ2) is 9.23. The van der Waals surface area contributed by atoms with Crippen molar-refractivity contribution in [3.05, 3.63) is 24.3 Å². The van der Waals surface area contributed by atoms with Crippen LogP contribution in [0, 0.1) is 0 Å². The summed E-state index contributed by atoms with van der Waals surface area (Å²) in [7, 11) is 3.66. The third-order valence-electron chi connectivity index (χ3n) is 3.29. The minimum atomic E-state index is -0.254. The Morgan fingerprint density at radius 3 is 2.48 bits per heavy atom. The number of ether oxygens (including phenoxy) is 2. The first-order valence-electron chi connectivity index (χ1n) is 7.37. The first-order valence-corrected chi connectivity index (χ1v) is 7.37. The Hall–Kier alpha value is -1.75. The molecule has 1 aromatic rings. The van der Waals surface area contributed by atoms with E-state index in [-0.39, 0.29) is 12.0 Å². The fourth-order valence-electron chi connectivity index (χ4n) is 2.08. The first kappa shape index (κ1) is 17.3. The van der Waals surface area contributed by atoms with Crippen molar-refractivity contribution < 1.29 is 14.3 Å². The highest BCUT2D eigenvalue weighted by Crippen LogP contribution is 2.18. The Kier molecular flexibility index (Phi) is 7.61. The van der Waals surface area contributed by atoms with Crippen molar-refractivity contribution in [3.63, 3.8) is 0 Å². The standard InChI is InChI=1S/C16H26N2O3/c1-5-17-15(16(19)21-6-2)11-12-18(3)13-7-9-14(20-4)10-8-13/h7-10,15,17H,5-6,11-12H2,1-4H3. The Morgan fingerprint density at radius 1 is 1.29 bits per heavy atom. The quantitative estimate of drug-likeness (QED) is 0.707. The van der Waals surface area contributed by atoms with Gasteiger partial charge in [0.25, 0.3) is 0 Å². The number of rotatable bonds is 9. The van der Waals surface area contributed by atoms with Crippen LogP contribution in [-0.4, -0.2) is 45.9 Å². The van der Waals surface area contributed by atoms with Crippen molar-refractivity contribution in [1.82, 2.24) is 5.32 Å². The zero-order valence-electron chi connectivity index (χ0n) is 13.4. The van der Waals surface area contributed by atoms with Crippen molar-refractivity contribution >= 4 is 11.7 Å². The van der Waals surface area contributed by atoms with Gasteiger partial charge in [-0.2, -0.15) is 0 Å². The number of benzene rings is 1. The molecule has 0 aliphatic rings. The van der Waals surface area contributed by atoms with Crippen LogP contribution in [0.15, 0.2) is 24.3 Å². The van der Waals surface area contributed by atoms with Crippen LogP contribution < -0.4 is 15.0 Å². The second-order valence-electron chi connectivity index (χ2n) is 4.77. The molecule has 0 spiro atoms. The molecule has 21 heavy (non-hydrogen) atoms. The van der Waals surface area contributed by atoms with E-state index in [0.717, 1.165) is 24.5 Å². The molecule has 0 aliphatic heterocycles. The molecular formula is C16H26N2O3. The van der Waals surface area contributed by atoms with Crippen molar-refractivity contribution in [2.45, 2.75) is 26.3 Å². The normalized spacial score (nSPS) is 11.8. The molecule has 0 saturated carbocycles. The molecule has 1 atom stereocenters. The fraction of sp³-hybridized carbons (Fsp3) is 0.562. The molecule has 0 heterocycles. The minimum absolute atomic E-state index is 0.178. The molecule has 5 nitrogen and oxygen atoms in total. The van der Waals surface area contributed by atoms with Crippen molar-refractivity contribution in [2.75, 3.05) is 38.8 Å². The SMILES string of the molecule is CCNC(CCN(C)c1ccc(OC)cc1)C(=O)OCC. The van der Waals surface area contributed by atoms with E-state index in [4.69, 9.17) is 9.47 Å². The molecule has 0 fully saturated rings. The summed E-state index contributed by atoms with van der Waals surface area (Å²) < 4.78 is 10.2. The number of likely N-dealkylation sites (N-methyl/N-ethyl adjacent to an activating group) is 1. The maximum absolute atomic E-state index is 11.8. The average Bonchev–Trinajstić information content (AvgIpc) is 2.51. The molecule has 1 N–H and O–H groups in total. The van der Waals surface area contributed by atoms with Crippen LogP contribution in [0.4, 0.5) is 5.69 Å². The van der Waals surface area contributed by atoms with Crippen LogP contribution in [0.2, 0.25) is 0 Å². The number of hydrogen-bond acceptors (Lipinski definition) is 5. The van der Waals surface area contributed by atoms with E-state index < -0.39 is 0 Å². The summed E-state index contributed by atoms with van der Waals surface area (Å²) in [5, 5.41) is 3.17. The molecule has 0 radical (unpaired) electrons. The van der Waals surface area contributed by atoms with Crippen LogP contribution in [0.3, 0.4) is 0 Å². The summed E-state index contributed by atoms with van der Waals surface area (Å²) in [5.41, 5.74) is 1.09. The highest BCUT2D eigenvalue weighted by Gasteiger charge is 2.18. The summed E-state index contributed by atoms with van der Waals surface area (Å²) in [4.78, 5) is 14.0. The lowest BCUT2D eigenvalue weighted by molar-refractivity contribution is -0.145. The van der Waals surface area contributed by atoms with Gasteiger partial charge in [0.05, 0.1) is 13.7 Å². The zero-order chi connectivity index (χ0) is 15.7. The lowest BCUT2D eigenvalue weighted by Gasteiger charge is -2.23. The Labute approximate surface area is 127 Å². The van der Waals surface area contributed by atoms with Crippen molar-refractivity contribution in [3.8, 4) is 5.75 Å². The Balaban J connectivity index is 2.55. The molecule has 118 valence electrons. The highest BCUT2D eigenvalue weighted by molar-refractivity contribution is 5.75. The number of methoxy groups -OCH3 is 1. The van der Waals surface area contributed by atoms with Gasteiger partial charge < -0.3 is 19.7 Å². The van der Waals surface area contributed by atoms with E-state index in [1.54, 1.807) is 7.11 Å². The predicted octanol–water partition coefficient (Wildman–Crippen LogP) is 2.06. The molecule has 0 amide bonds. The van der Waals surface area contributed by atoms with Crippen LogP contribution in [0.5, 0.6) is 5.75 Å². The molecule has 1 unspecified atom stereocenters.